The maximum atomic E-state index is 9.45. The van der Waals surface area contributed by atoms with E-state index < -0.39 is 0 Å². The first-order chi connectivity index (χ1) is 7.84. The normalized spacial score (nSPS) is 10.8. The van der Waals surface area contributed by atoms with Crippen LogP contribution in [-0.4, -0.2) is 20.5 Å². The molecule has 0 saturated heterocycles. The molecule has 1 aromatic heterocycles. The molecule has 0 radical (unpaired) electrons. The number of aromatic nitrogens is 3. The van der Waals surface area contributed by atoms with Crippen molar-refractivity contribution in [2.45, 2.75) is 0 Å². The van der Waals surface area contributed by atoms with Crippen LogP contribution in [0.5, 0.6) is 5.75 Å². The summed E-state index contributed by atoms with van der Waals surface area (Å²) >= 11 is 0. The van der Waals surface area contributed by atoms with Gasteiger partial charge in [-0.15, -0.1) is 0 Å². The SMILES string of the molecule is Oc1cccc(-c2cccc3n[nH]nc23)c1. The Morgan fingerprint density at radius 1 is 1.00 bits per heavy atom. The van der Waals surface area contributed by atoms with Crippen molar-refractivity contribution < 1.29 is 5.11 Å². The van der Waals surface area contributed by atoms with Crippen molar-refractivity contribution in [3.63, 3.8) is 0 Å². The molecule has 0 amide bonds. The minimum atomic E-state index is 0.248. The van der Waals surface area contributed by atoms with Crippen molar-refractivity contribution in [1.29, 1.82) is 0 Å². The Morgan fingerprint density at radius 3 is 2.75 bits per heavy atom. The average molecular weight is 211 g/mol. The number of hydrogen-bond donors (Lipinski definition) is 2. The van der Waals surface area contributed by atoms with Crippen molar-refractivity contribution >= 4 is 11.0 Å². The number of para-hydroxylation sites is 1. The first kappa shape index (κ1) is 8.91. The molecule has 0 atom stereocenters. The van der Waals surface area contributed by atoms with Gasteiger partial charge in [-0.2, -0.15) is 15.4 Å². The molecule has 1 heterocycles. The van der Waals surface area contributed by atoms with Gasteiger partial charge in [-0.25, -0.2) is 0 Å². The van der Waals surface area contributed by atoms with E-state index in [1.165, 1.54) is 0 Å². The monoisotopic (exact) mass is 211 g/mol. The Hall–Kier alpha value is -2.36. The van der Waals surface area contributed by atoms with Crippen LogP contribution in [-0.2, 0) is 0 Å². The summed E-state index contributed by atoms with van der Waals surface area (Å²) in [7, 11) is 0. The van der Waals surface area contributed by atoms with Crippen LogP contribution in [0.15, 0.2) is 42.5 Å². The molecule has 0 aliphatic carbocycles. The van der Waals surface area contributed by atoms with Gasteiger partial charge in [-0.05, 0) is 23.8 Å². The molecule has 78 valence electrons. The molecule has 3 rings (SSSR count). The molecule has 0 bridgehead atoms. The highest BCUT2D eigenvalue weighted by atomic mass is 16.3. The lowest BCUT2D eigenvalue weighted by atomic mass is 10.0. The highest BCUT2D eigenvalue weighted by Gasteiger charge is 2.06. The number of aromatic amines is 1. The Balaban J connectivity index is 2.29. The molecule has 4 nitrogen and oxygen atoms in total. The summed E-state index contributed by atoms with van der Waals surface area (Å²) in [6.07, 6.45) is 0. The third-order valence-electron chi connectivity index (χ3n) is 2.50. The van der Waals surface area contributed by atoms with Gasteiger partial charge in [0.25, 0.3) is 0 Å². The van der Waals surface area contributed by atoms with E-state index >= 15 is 0 Å². The van der Waals surface area contributed by atoms with E-state index in [0.29, 0.717) is 0 Å². The van der Waals surface area contributed by atoms with Gasteiger partial charge in [-0.1, -0.05) is 24.3 Å². The molecule has 0 spiro atoms. The Morgan fingerprint density at radius 2 is 1.88 bits per heavy atom. The van der Waals surface area contributed by atoms with Gasteiger partial charge >= 0.3 is 0 Å². The summed E-state index contributed by atoms with van der Waals surface area (Å²) in [5.74, 6) is 0.248. The number of fused-ring (bicyclic) bond motifs is 1. The number of hydrogen-bond acceptors (Lipinski definition) is 3. The fourth-order valence-electron chi connectivity index (χ4n) is 1.77. The topological polar surface area (TPSA) is 61.8 Å². The lowest BCUT2D eigenvalue weighted by Crippen LogP contribution is -1.80. The van der Waals surface area contributed by atoms with Crippen molar-refractivity contribution in [1.82, 2.24) is 15.4 Å². The second-order valence-electron chi connectivity index (χ2n) is 3.55. The van der Waals surface area contributed by atoms with Crippen LogP contribution in [0, 0.1) is 0 Å². The summed E-state index contributed by atoms with van der Waals surface area (Å²) < 4.78 is 0. The molecule has 0 saturated carbocycles. The van der Waals surface area contributed by atoms with E-state index in [9.17, 15) is 5.11 Å². The first-order valence-electron chi connectivity index (χ1n) is 4.93. The van der Waals surface area contributed by atoms with Crippen LogP contribution in [0.25, 0.3) is 22.2 Å². The van der Waals surface area contributed by atoms with Crippen LogP contribution in [0.3, 0.4) is 0 Å². The Labute approximate surface area is 91.5 Å². The quantitative estimate of drug-likeness (QED) is 0.649. The van der Waals surface area contributed by atoms with Crippen molar-refractivity contribution in [2.24, 2.45) is 0 Å². The predicted octanol–water partition coefficient (Wildman–Crippen LogP) is 2.33. The van der Waals surface area contributed by atoms with Crippen molar-refractivity contribution in [2.75, 3.05) is 0 Å². The number of benzene rings is 2. The van der Waals surface area contributed by atoms with E-state index in [4.69, 9.17) is 0 Å². The standard InChI is InChI=1S/C12H9N3O/c16-9-4-1-3-8(7-9)10-5-2-6-11-12(10)14-15-13-11/h1-7,16H,(H,13,14,15). The lowest BCUT2D eigenvalue weighted by Gasteiger charge is -2.02. The molecular formula is C12H9N3O. The van der Waals surface area contributed by atoms with Crippen molar-refractivity contribution in [3.8, 4) is 16.9 Å². The fourth-order valence-corrected chi connectivity index (χ4v) is 1.77. The molecule has 3 aromatic rings. The zero-order chi connectivity index (χ0) is 11.0. The Bertz CT molecular complexity index is 645. The number of phenols is 1. The van der Waals surface area contributed by atoms with Gasteiger partial charge in [0.05, 0.1) is 0 Å². The minimum Gasteiger partial charge on any atom is -0.508 e. The van der Waals surface area contributed by atoms with Gasteiger partial charge in [0, 0.05) is 5.56 Å². The summed E-state index contributed by atoms with van der Waals surface area (Å²) in [5.41, 5.74) is 3.52. The summed E-state index contributed by atoms with van der Waals surface area (Å²) in [4.78, 5) is 0. The van der Waals surface area contributed by atoms with Crippen molar-refractivity contribution in [3.05, 3.63) is 42.5 Å². The van der Waals surface area contributed by atoms with Crippen LogP contribution >= 0.6 is 0 Å². The maximum Gasteiger partial charge on any atom is 0.120 e. The van der Waals surface area contributed by atoms with E-state index in [2.05, 4.69) is 15.4 Å². The number of nitrogens with zero attached hydrogens (tertiary/aromatic N) is 2. The molecule has 4 heteroatoms. The van der Waals surface area contributed by atoms with E-state index in [-0.39, 0.29) is 5.75 Å². The molecule has 2 N–H and O–H groups in total. The molecule has 0 aliphatic rings. The summed E-state index contributed by atoms with van der Waals surface area (Å²) in [6.45, 7) is 0. The van der Waals surface area contributed by atoms with E-state index in [1.807, 2.05) is 30.3 Å². The van der Waals surface area contributed by atoms with Gasteiger partial charge < -0.3 is 5.11 Å². The number of phenolic OH excluding ortho intramolecular Hbond substituents is 1. The van der Waals surface area contributed by atoms with Crippen LogP contribution in [0.4, 0.5) is 0 Å². The third kappa shape index (κ3) is 1.32. The number of aromatic hydroxyl groups is 1. The summed E-state index contributed by atoms with van der Waals surface area (Å²) in [6, 6.07) is 12.9. The minimum absolute atomic E-state index is 0.248. The van der Waals surface area contributed by atoms with Crippen LogP contribution in [0.2, 0.25) is 0 Å². The molecule has 16 heavy (non-hydrogen) atoms. The molecule has 0 aliphatic heterocycles. The number of H-pyrrole nitrogens is 1. The third-order valence-corrected chi connectivity index (χ3v) is 2.50. The van der Waals surface area contributed by atoms with Gasteiger partial charge in [0.15, 0.2) is 0 Å². The number of nitrogens with one attached hydrogen (secondary N) is 1. The van der Waals surface area contributed by atoms with Gasteiger partial charge in [0.1, 0.15) is 16.8 Å². The lowest BCUT2D eigenvalue weighted by molar-refractivity contribution is 0.475. The smallest absolute Gasteiger partial charge is 0.120 e. The zero-order valence-corrected chi connectivity index (χ0v) is 8.38. The molecular weight excluding hydrogens is 202 g/mol. The molecule has 0 fully saturated rings. The van der Waals surface area contributed by atoms with Crippen LogP contribution < -0.4 is 0 Å². The second-order valence-corrected chi connectivity index (χ2v) is 3.55. The maximum absolute atomic E-state index is 9.45. The zero-order valence-electron chi connectivity index (χ0n) is 8.38. The fraction of sp³-hybridized carbons (Fsp3) is 0. The predicted molar refractivity (Wildman–Crippen MR) is 61.0 cm³/mol. The highest BCUT2D eigenvalue weighted by molar-refractivity contribution is 5.91. The second kappa shape index (κ2) is 3.34. The average Bonchev–Trinajstić information content (AvgIpc) is 2.76. The molecule has 2 aromatic carbocycles. The van der Waals surface area contributed by atoms with Gasteiger partial charge in [0.2, 0.25) is 0 Å². The summed E-state index contributed by atoms with van der Waals surface area (Å²) in [5, 5.41) is 20.2. The van der Waals surface area contributed by atoms with Crippen LogP contribution in [0.1, 0.15) is 0 Å². The van der Waals surface area contributed by atoms with E-state index in [1.54, 1.807) is 12.1 Å². The first-order valence-corrected chi connectivity index (χ1v) is 4.93. The Kier molecular flexibility index (Phi) is 1.86. The van der Waals surface area contributed by atoms with E-state index in [0.717, 1.165) is 22.2 Å². The largest absolute Gasteiger partial charge is 0.508 e. The number of rotatable bonds is 1. The highest BCUT2D eigenvalue weighted by Crippen LogP contribution is 2.27. The van der Waals surface area contributed by atoms with Gasteiger partial charge in [-0.3, -0.25) is 0 Å². The molecule has 0 unspecified atom stereocenters.